The summed E-state index contributed by atoms with van der Waals surface area (Å²) in [6.07, 6.45) is 1.68. The molecule has 0 aromatic carbocycles. The molecular formula is C12H25N3O. The van der Waals surface area contributed by atoms with Crippen LogP contribution in [0.25, 0.3) is 0 Å². The summed E-state index contributed by atoms with van der Waals surface area (Å²) in [6, 6.07) is 0. The Morgan fingerprint density at radius 1 is 1.44 bits per heavy atom. The third-order valence-corrected chi connectivity index (χ3v) is 3.51. The molecule has 0 radical (unpaired) electrons. The molecule has 0 aromatic heterocycles. The highest BCUT2D eigenvalue weighted by atomic mass is 16.1. The van der Waals surface area contributed by atoms with Gasteiger partial charge in [0.1, 0.15) is 0 Å². The third kappa shape index (κ3) is 3.76. The van der Waals surface area contributed by atoms with Gasteiger partial charge in [0.25, 0.3) is 0 Å². The van der Waals surface area contributed by atoms with E-state index in [0.29, 0.717) is 12.8 Å². The summed E-state index contributed by atoms with van der Waals surface area (Å²) in [5.41, 5.74) is 0. The minimum atomic E-state index is 0.0487. The molecule has 1 heterocycles. The molecule has 0 bridgehead atoms. The first kappa shape index (κ1) is 13.5. The fourth-order valence-electron chi connectivity index (χ4n) is 2.06. The molecule has 1 amide bonds. The number of carbonyl (C=O) groups is 1. The Labute approximate surface area is 99.0 Å². The van der Waals surface area contributed by atoms with Crippen LogP contribution in [-0.4, -0.2) is 48.2 Å². The molecule has 1 fully saturated rings. The highest BCUT2D eigenvalue weighted by Gasteiger charge is 2.28. The van der Waals surface area contributed by atoms with E-state index in [-0.39, 0.29) is 5.91 Å². The molecule has 4 heteroatoms. The van der Waals surface area contributed by atoms with Crippen LogP contribution in [0.15, 0.2) is 0 Å². The number of nitrogens with zero attached hydrogens (tertiary/aromatic N) is 2. The van der Waals surface area contributed by atoms with Crippen LogP contribution in [0.3, 0.4) is 0 Å². The van der Waals surface area contributed by atoms with Crippen LogP contribution in [0, 0.1) is 5.92 Å². The molecule has 2 atom stereocenters. The van der Waals surface area contributed by atoms with E-state index in [9.17, 15) is 4.79 Å². The van der Waals surface area contributed by atoms with Crippen LogP contribution in [0.2, 0.25) is 0 Å². The van der Waals surface area contributed by atoms with Crippen molar-refractivity contribution < 1.29 is 4.79 Å². The summed E-state index contributed by atoms with van der Waals surface area (Å²) >= 11 is 0. The van der Waals surface area contributed by atoms with Crippen molar-refractivity contribution in [3.63, 3.8) is 0 Å². The summed E-state index contributed by atoms with van der Waals surface area (Å²) in [5, 5.41) is 2.87. The van der Waals surface area contributed by atoms with Crippen molar-refractivity contribution in [1.29, 1.82) is 0 Å². The quantitative estimate of drug-likeness (QED) is 0.763. The normalized spacial score (nSPS) is 24.6. The second-order valence-electron chi connectivity index (χ2n) is 4.84. The Balaban J connectivity index is 2.35. The van der Waals surface area contributed by atoms with Gasteiger partial charge in [0, 0.05) is 26.6 Å². The van der Waals surface area contributed by atoms with Gasteiger partial charge in [-0.15, -0.1) is 0 Å². The van der Waals surface area contributed by atoms with E-state index in [1.54, 1.807) is 6.92 Å². The molecule has 0 spiro atoms. The lowest BCUT2D eigenvalue weighted by Crippen LogP contribution is -2.43. The van der Waals surface area contributed by atoms with Gasteiger partial charge < -0.3 is 5.32 Å². The van der Waals surface area contributed by atoms with Crippen molar-refractivity contribution in [3.05, 3.63) is 0 Å². The standard InChI is InChI=1S/C12H25N3O/c1-5-10(2)8-14-6-7-15(12(14)4)9-13-11(3)16/h10,12H,5-9H2,1-4H3,(H,13,16). The van der Waals surface area contributed by atoms with Crippen molar-refractivity contribution >= 4 is 5.91 Å². The van der Waals surface area contributed by atoms with Crippen molar-refractivity contribution in [2.75, 3.05) is 26.3 Å². The maximum Gasteiger partial charge on any atom is 0.217 e. The molecule has 16 heavy (non-hydrogen) atoms. The zero-order chi connectivity index (χ0) is 12.1. The first-order chi connectivity index (χ1) is 7.54. The number of hydrogen-bond acceptors (Lipinski definition) is 3. The largest absolute Gasteiger partial charge is 0.344 e. The van der Waals surface area contributed by atoms with Gasteiger partial charge in [-0.2, -0.15) is 0 Å². The highest BCUT2D eigenvalue weighted by Crippen LogP contribution is 2.16. The highest BCUT2D eigenvalue weighted by molar-refractivity contribution is 5.72. The molecule has 1 rings (SSSR count). The van der Waals surface area contributed by atoms with E-state index in [0.717, 1.165) is 25.6 Å². The maximum atomic E-state index is 10.9. The Morgan fingerprint density at radius 3 is 2.62 bits per heavy atom. The van der Waals surface area contributed by atoms with Crippen molar-refractivity contribution in [3.8, 4) is 0 Å². The van der Waals surface area contributed by atoms with Crippen LogP contribution in [0.5, 0.6) is 0 Å². The summed E-state index contributed by atoms with van der Waals surface area (Å²) in [4.78, 5) is 15.7. The first-order valence-electron chi connectivity index (χ1n) is 6.27. The van der Waals surface area contributed by atoms with Gasteiger partial charge in [0.15, 0.2) is 0 Å². The van der Waals surface area contributed by atoms with Gasteiger partial charge >= 0.3 is 0 Å². The summed E-state index contributed by atoms with van der Waals surface area (Å²) in [6.45, 7) is 12.3. The average Bonchev–Trinajstić information content (AvgIpc) is 2.57. The van der Waals surface area contributed by atoms with Gasteiger partial charge in [-0.05, 0) is 12.8 Å². The first-order valence-corrected chi connectivity index (χ1v) is 6.27. The number of hydrogen-bond donors (Lipinski definition) is 1. The second-order valence-corrected chi connectivity index (χ2v) is 4.84. The fraction of sp³-hybridized carbons (Fsp3) is 0.917. The number of amides is 1. The molecule has 2 unspecified atom stereocenters. The molecule has 0 aliphatic carbocycles. The topological polar surface area (TPSA) is 35.6 Å². The smallest absolute Gasteiger partial charge is 0.217 e. The molecule has 94 valence electrons. The van der Waals surface area contributed by atoms with E-state index < -0.39 is 0 Å². The monoisotopic (exact) mass is 227 g/mol. The fourth-order valence-corrected chi connectivity index (χ4v) is 2.06. The summed E-state index contributed by atoms with van der Waals surface area (Å²) in [7, 11) is 0. The van der Waals surface area contributed by atoms with Gasteiger partial charge in [-0.1, -0.05) is 20.3 Å². The van der Waals surface area contributed by atoms with E-state index in [4.69, 9.17) is 0 Å². The lowest BCUT2D eigenvalue weighted by atomic mass is 10.1. The molecule has 1 aliphatic rings. The predicted molar refractivity (Wildman–Crippen MR) is 65.9 cm³/mol. The van der Waals surface area contributed by atoms with Crippen LogP contribution >= 0.6 is 0 Å². The van der Waals surface area contributed by atoms with Crippen LogP contribution in [0.1, 0.15) is 34.1 Å². The molecule has 0 aromatic rings. The number of nitrogens with one attached hydrogen (secondary N) is 1. The lowest BCUT2D eigenvalue weighted by Gasteiger charge is -2.28. The zero-order valence-corrected chi connectivity index (χ0v) is 11.0. The minimum absolute atomic E-state index is 0.0487. The van der Waals surface area contributed by atoms with E-state index in [1.165, 1.54) is 6.42 Å². The van der Waals surface area contributed by atoms with E-state index in [1.807, 2.05) is 0 Å². The molecule has 4 nitrogen and oxygen atoms in total. The van der Waals surface area contributed by atoms with Crippen LogP contribution in [-0.2, 0) is 4.79 Å². The van der Waals surface area contributed by atoms with Crippen molar-refractivity contribution in [2.24, 2.45) is 5.92 Å². The van der Waals surface area contributed by atoms with Crippen molar-refractivity contribution in [1.82, 2.24) is 15.1 Å². The molecule has 1 saturated heterocycles. The lowest BCUT2D eigenvalue weighted by molar-refractivity contribution is -0.119. The van der Waals surface area contributed by atoms with Gasteiger partial charge in [-0.3, -0.25) is 14.6 Å². The average molecular weight is 227 g/mol. The van der Waals surface area contributed by atoms with Crippen LogP contribution < -0.4 is 5.32 Å². The zero-order valence-electron chi connectivity index (χ0n) is 11.0. The van der Waals surface area contributed by atoms with Gasteiger partial charge in [-0.25, -0.2) is 0 Å². The predicted octanol–water partition coefficient (Wildman–Crippen LogP) is 1.09. The Hall–Kier alpha value is -0.610. The summed E-state index contributed by atoms with van der Waals surface area (Å²) < 4.78 is 0. The van der Waals surface area contributed by atoms with Gasteiger partial charge in [0.2, 0.25) is 5.91 Å². The maximum absolute atomic E-state index is 10.9. The number of carbonyl (C=O) groups excluding carboxylic acids is 1. The Bertz CT molecular complexity index is 232. The van der Waals surface area contributed by atoms with Crippen LogP contribution in [0.4, 0.5) is 0 Å². The SMILES string of the molecule is CCC(C)CN1CCN(CNC(C)=O)C1C. The minimum Gasteiger partial charge on any atom is -0.344 e. The summed E-state index contributed by atoms with van der Waals surface area (Å²) in [5.74, 6) is 0.802. The molecule has 1 N–H and O–H groups in total. The molecular weight excluding hydrogens is 202 g/mol. The molecule has 1 aliphatic heterocycles. The van der Waals surface area contributed by atoms with E-state index in [2.05, 4.69) is 35.9 Å². The van der Waals surface area contributed by atoms with Crippen molar-refractivity contribution in [2.45, 2.75) is 40.3 Å². The Kier molecular flexibility index (Phi) is 5.22. The second kappa shape index (κ2) is 6.21. The third-order valence-electron chi connectivity index (χ3n) is 3.51. The Morgan fingerprint density at radius 2 is 2.06 bits per heavy atom. The number of rotatable bonds is 5. The van der Waals surface area contributed by atoms with Gasteiger partial charge in [0.05, 0.1) is 12.8 Å². The van der Waals surface area contributed by atoms with E-state index >= 15 is 0 Å². The molecule has 0 saturated carbocycles.